The lowest BCUT2D eigenvalue weighted by atomic mass is 10.3. The smallest absolute Gasteiger partial charge is 0.198 e. The molecule has 0 atom stereocenters. The molecule has 0 amide bonds. The molecule has 2 rings (SSSR count). The van der Waals surface area contributed by atoms with E-state index >= 15 is 0 Å². The number of piperazine rings is 1. The van der Waals surface area contributed by atoms with Crippen molar-refractivity contribution in [2.75, 3.05) is 31.1 Å². The Morgan fingerprint density at radius 1 is 1.38 bits per heavy atom. The molecule has 5 heteroatoms. The van der Waals surface area contributed by atoms with Crippen LogP contribution in [0.25, 0.3) is 0 Å². The molecule has 1 aromatic heterocycles. The molecule has 0 radical (unpaired) electrons. The van der Waals surface area contributed by atoms with Crippen molar-refractivity contribution in [3.63, 3.8) is 0 Å². The molecule has 1 aromatic rings. The summed E-state index contributed by atoms with van der Waals surface area (Å²) in [7, 11) is 0. The van der Waals surface area contributed by atoms with Crippen molar-refractivity contribution in [3.05, 3.63) is 17.0 Å². The highest BCUT2D eigenvalue weighted by atomic mass is 79.9. The van der Waals surface area contributed by atoms with Crippen LogP contribution in [0.5, 0.6) is 0 Å². The molecule has 1 aliphatic heterocycles. The Hall–Kier alpha value is -0.680. The van der Waals surface area contributed by atoms with E-state index in [-0.39, 0.29) is 0 Å². The van der Waals surface area contributed by atoms with Gasteiger partial charge in [0.15, 0.2) is 4.73 Å². The summed E-state index contributed by atoms with van der Waals surface area (Å²) in [4.78, 5) is 10.6. The van der Waals surface area contributed by atoms with E-state index in [1.54, 1.807) is 6.20 Å². The van der Waals surface area contributed by atoms with Crippen molar-refractivity contribution in [1.29, 1.82) is 0 Å². The fourth-order valence-electron chi connectivity index (χ4n) is 1.40. The summed E-state index contributed by atoms with van der Waals surface area (Å²) in [5, 5.41) is 3.30. The van der Waals surface area contributed by atoms with Gasteiger partial charge in [-0.15, -0.1) is 0 Å². The van der Waals surface area contributed by atoms with E-state index in [4.69, 9.17) is 0 Å². The van der Waals surface area contributed by atoms with E-state index in [9.17, 15) is 0 Å². The Morgan fingerprint density at radius 3 is 2.85 bits per heavy atom. The minimum absolute atomic E-state index is 0.656. The molecule has 0 spiro atoms. The first-order valence-corrected chi connectivity index (χ1v) is 5.10. The Labute approximate surface area is 85.5 Å². The maximum absolute atomic E-state index is 4.30. The van der Waals surface area contributed by atoms with E-state index in [0.717, 1.165) is 32.0 Å². The van der Waals surface area contributed by atoms with Crippen LogP contribution in [0.1, 0.15) is 0 Å². The molecular weight excluding hydrogens is 232 g/mol. The average Bonchev–Trinajstić information content (AvgIpc) is 2.19. The molecule has 4 nitrogen and oxygen atoms in total. The predicted octanol–water partition coefficient (Wildman–Crippen LogP) is 0.649. The SMILES string of the molecule is Brc1nccc(N2CCNCC2)n1. The van der Waals surface area contributed by atoms with Crippen LogP contribution in [-0.2, 0) is 0 Å². The molecule has 1 aliphatic rings. The van der Waals surface area contributed by atoms with Crippen molar-refractivity contribution >= 4 is 21.7 Å². The van der Waals surface area contributed by atoms with Gasteiger partial charge in [-0.05, 0) is 22.0 Å². The summed E-state index contributed by atoms with van der Waals surface area (Å²) >= 11 is 3.26. The van der Waals surface area contributed by atoms with Gasteiger partial charge in [0.05, 0.1) is 0 Å². The molecule has 1 fully saturated rings. The minimum atomic E-state index is 0.656. The van der Waals surface area contributed by atoms with E-state index in [1.807, 2.05) is 6.07 Å². The fraction of sp³-hybridized carbons (Fsp3) is 0.500. The third-order valence-electron chi connectivity index (χ3n) is 2.05. The lowest BCUT2D eigenvalue weighted by Gasteiger charge is -2.28. The quantitative estimate of drug-likeness (QED) is 0.735. The standard InChI is InChI=1S/C8H11BrN4/c9-8-11-2-1-7(12-8)13-5-3-10-4-6-13/h1-2,10H,3-6H2. The van der Waals surface area contributed by atoms with E-state index in [1.165, 1.54) is 0 Å². The molecule has 70 valence electrons. The third kappa shape index (κ3) is 2.16. The molecule has 13 heavy (non-hydrogen) atoms. The van der Waals surface area contributed by atoms with Crippen LogP contribution in [0, 0.1) is 0 Å². The molecule has 1 saturated heterocycles. The zero-order chi connectivity index (χ0) is 9.10. The predicted molar refractivity (Wildman–Crippen MR) is 54.8 cm³/mol. The summed E-state index contributed by atoms with van der Waals surface area (Å²) < 4.78 is 0.656. The zero-order valence-corrected chi connectivity index (χ0v) is 8.79. The van der Waals surface area contributed by atoms with Gasteiger partial charge in [-0.1, -0.05) is 0 Å². The number of rotatable bonds is 1. The molecule has 2 heterocycles. The van der Waals surface area contributed by atoms with Crippen LogP contribution in [0.4, 0.5) is 5.82 Å². The molecule has 1 N–H and O–H groups in total. The highest BCUT2D eigenvalue weighted by molar-refractivity contribution is 9.10. The first-order chi connectivity index (χ1) is 6.36. The Bertz CT molecular complexity index is 285. The Balaban J connectivity index is 2.14. The molecule has 0 unspecified atom stereocenters. The summed E-state index contributed by atoms with van der Waals surface area (Å²) in [6.07, 6.45) is 1.77. The van der Waals surface area contributed by atoms with Crippen molar-refractivity contribution in [2.24, 2.45) is 0 Å². The maximum Gasteiger partial charge on any atom is 0.198 e. The van der Waals surface area contributed by atoms with Crippen LogP contribution in [-0.4, -0.2) is 36.1 Å². The summed E-state index contributed by atoms with van der Waals surface area (Å²) in [5.41, 5.74) is 0. The van der Waals surface area contributed by atoms with Gasteiger partial charge < -0.3 is 10.2 Å². The maximum atomic E-state index is 4.30. The van der Waals surface area contributed by atoms with Gasteiger partial charge in [0, 0.05) is 32.4 Å². The first kappa shape index (κ1) is 8.90. The highest BCUT2D eigenvalue weighted by Gasteiger charge is 2.11. The van der Waals surface area contributed by atoms with Crippen molar-refractivity contribution in [3.8, 4) is 0 Å². The summed E-state index contributed by atoms with van der Waals surface area (Å²) in [6, 6.07) is 1.94. The van der Waals surface area contributed by atoms with Crippen LogP contribution < -0.4 is 10.2 Å². The summed E-state index contributed by atoms with van der Waals surface area (Å²) in [5.74, 6) is 1.00. The van der Waals surface area contributed by atoms with E-state index in [2.05, 4.69) is 36.1 Å². The number of aromatic nitrogens is 2. The normalized spacial score (nSPS) is 17.5. The van der Waals surface area contributed by atoms with Crippen LogP contribution in [0.15, 0.2) is 17.0 Å². The number of halogens is 1. The number of nitrogens with one attached hydrogen (secondary N) is 1. The lowest BCUT2D eigenvalue weighted by molar-refractivity contribution is 0.584. The minimum Gasteiger partial charge on any atom is -0.354 e. The summed E-state index contributed by atoms with van der Waals surface area (Å²) in [6.45, 7) is 4.09. The van der Waals surface area contributed by atoms with Crippen molar-refractivity contribution < 1.29 is 0 Å². The molecule has 0 aliphatic carbocycles. The Kier molecular flexibility index (Phi) is 2.75. The van der Waals surface area contributed by atoms with Crippen molar-refractivity contribution in [1.82, 2.24) is 15.3 Å². The second-order valence-corrected chi connectivity index (χ2v) is 3.63. The van der Waals surface area contributed by atoms with Crippen LogP contribution in [0.2, 0.25) is 0 Å². The average molecular weight is 243 g/mol. The number of anilines is 1. The second kappa shape index (κ2) is 4.02. The van der Waals surface area contributed by atoms with Crippen LogP contribution >= 0.6 is 15.9 Å². The van der Waals surface area contributed by atoms with Gasteiger partial charge in [0.2, 0.25) is 0 Å². The lowest BCUT2D eigenvalue weighted by Crippen LogP contribution is -2.43. The monoisotopic (exact) mass is 242 g/mol. The third-order valence-corrected chi connectivity index (χ3v) is 2.43. The number of nitrogens with zero attached hydrogens (tertiary/aromatic N) is 3. The number of hydrogen-bond acceptors (Lipinski definition) is 4. The Morgan fingerprint density at radius 2 is 2.15 bits per heavy atom. The van der Waals surface area contributed by atoms with E-state index in [0.29, 0.717) is 4.73 Å². The second-order valence-electron chi connectivity index (χ2n) is 2.92. The van der Waals surface area contributed by atoms with Gasteiger partial charge in [0.25, 0.3) is 0 Å². The highest BCUT2D eigenvalue weighted by Crippen LogP contribution is 2.12. The van der Waals surface area contributed by atoms with Crippen molar-refractivity contribution in [2.45, 2.75) is 0 Å². The first-order valence-electron chi connectivity index (χ1n) is 4.30. The fourth-order valence-corrected chi connectivity index (χ4v) is 1.70. The van der Waals surface area contributed by atoms with E-state index < -0.39 is 0 Å². The molecule has 0 bridgehead atoms. The zero-order valence-electron chi connectivity index (χ0n) is 7.20. The molecule has 0 saturated carbocycles. The largest absolute Gasteiger partial charge is 0.354 e. The topological polar surface area (TPSA) is 41.1 Å². The van der Waals surface area contributed by atoms with Gasteiger partial charge in [0.1, 0.15) is 5.82 Å². The van der Waals surface area contributed by atoms with Gasteiger partial charge in [-0.3, -0.25) is 0 Å². The number of hydrogen-bond donors (Lipinski definition) is 1. The molecule has 0 aromatic carbocycles. The molecular formula is C8H11BrN4. The van der Waals surface area contributed by atoms with Gasteiger partial charge in [-0.25, -0.2) is 9.97 Å². The van der Waals surface area contributed by atoms with Gasteiger partial charge in [-0.2, -0.15) is 0 Å². The van der Waals surface area contributed by atoms with Gasteiger partial charge >= 0.3 is 0 Å². The van der Waals surface area contributed by atoms with Crippen LogP contribution in [0.3, 0.4) is 0 Å².